The molecule has 0 amide bonds. The van der Waals surface area contributed by atoms with E-state index in [-0.39, 0.29) is 35.2 Å². The van der Waals surface area contributed by atoms with Gasteiger partial charge >= 0.3 is 0 Å². The molecule has 0 aliphatic carbocycles. The van der Waals surface area contributed by atoms with Crippen molar-refractivity contribution in [1.82, 2.24) is 15.6 Å². The summed E-state index contributed by atoms with van der Waals surface area (Å²) in [4.78, 5) is 8.82. The Bertz CT molecular complexity index is 679. The van der Waals surface area contributed by atoms with Gasteiger partial charge < -0.3 is 10.6 Å². The SMILES string of the molecule is CN=C(NCc1cccc(F)c1)NCc1nc(C(C)(C)C)cs1.I. The number of hydrogen-bond donors (Lipinski definition) is 2. The zero-order valence-corrected chi connectivity index (χ0v) is 17.5. The number of halogens is 2. The Hall–Kier alpha value is -1.22. The van der Waals surface area contributed by atoms with Crippen molar-refractivity contribution in [2.24, 2.45) is 4.99 Å². The molecule has 1 heterocycles. The third-order valence-electron chi connectivity index (χ3n) is 3.30. The van der Waals surface area contributed by atoms with Gasteiger partial charge in [0.25, 0.3) is 0 Å². The standard InChI is InChI=1S/C17H23FN4S.HI/c1-17(2,3)14-11-23-15(22-14)10-21-16(19-4)20-9-12-6-5-7-13(18)8-12;/h5-8,11H,9-10H2,1-4H3,(H2,19,20,21);1H. The van der Waals surface area contributed by atoms with E-state index in [4.69, 9.17) is 0 Å². The van der Waals surface area contributed by atoms with Crippen LogP contribution in [0.4, 0.5) is 4.39 Å². The molecule has 0 atom stereocenters. The first-order valence-electron chi connectivity index (χ1n) is 7.52. The zero-order chi connectivity index (χ0) is 16.9. The lowest BCUT2D eigenvalue weighted by atomic mass is 9.93. The van der Waals surface area contributed by atoms with Crippen LogP contribution in [0.5, 0.6) is 0 Å². The highest BCUT2D eigenvalue weighted by Crippen LogP contribution is 2.23. The number of nitrogens with zero attached hydrogens (tertiary/aromatic N) is 2. The minimum atomic E-state index is -0.232. The van der Waals surface area contributed by atoms with Gasteiger partial charge in [0.2, 0.25) is 0 Å². The molecule has 4 nitrogen and oxygen atoms in total. The molecule has 0 saturated heterocycles. The summed E-state index contributed by atoms with van der Waals surface area (Å²) in [7, 11) is 1.71. The van der Waals surface area contributed by atoms with E-state index in [1.807, 2.05) is 6.07 Å². The number of guanidine groups is 1. The number of hydrogen-bond acceptors (Lipinski definition) is 3. The maximum absolute atomic E-state index is 13.2. The van der Waals surface area contributed by atoms with Crippen LogP contribution in [0.2, 0.25) is 0 Å². The van der Waals surface area contributed by atoms with Gasteiger partial charge in [0.1, 0.15) is 10.8 Å². The van der Waals surface area contributed by atoms with Gasteiger partial charge in [0.05, 0.1) is 12.2 Å². The lowest BCUT2D eigenvalue weighted by molar-refractivity contribution is 0.570. The third-order valence-corrected chi connectivity index (χ3v) is 4.15. The first kappa shape index (κ1) is 20.8. The average molecular weight is 462 g/mol. The van der Waals surface area contributed by atoms with Crippen molar-refractivity contribution in [3.8, 4) is 0 Å². The second-order valence-corrected chi connectivity index (χ2v) is 7.23. The Balaban J connectivity index is 0.00000288. The summed E-state index contributed by atoms with van der Waals surface area (Å²) in [6, 6.07) is 6.52. The van der Waals surface area contributed by atoms with Crippen LogP contribution >= 0.6 is 35.3 Å². The average Bonchev–Trinajstić information content (AvgIpc) is 2.96. The van der Waals surface area contributed by atoms with Gasteiger partial charge in [0.15, 0.2) is 5.96 Å². The molecule has 132 valence electrons. The van der Waals surface area contributed by atoms with Gasteiger partial charge in [0, 0.05) is 24.4 Å². The van der Waals surface area contributed by atoms with Crippen LogP contribution in [0.1, 0.15) is 37.0 Å². The van der Waals surface area contributed by atoms with Crippen LogP contribution in [0.3, 0.4) is 0 Å². The van der Waals surface area contributed by atoms with Crippen molar-refractivity contribution in [3.05, 3.63) is 51.7 Å². The van der Waals surface area contributed by atoms with Crippen molar-refractivity contribution >= 4 is 41.3 Å². The molecule has 1 aromatic heterocycles. The first-order valence-corrected chi connectivity index (χ1v) is 8.40. The molecular formula is C17H24FIN4S. The van der Waals surface area contributed by atoms with E-state index in [0.717, 1.165) is 16.3 Å². The van der Waals surface area contributed by atoms with E-state index in [9.17, 15) is 4.39 Å². The van der Waals surface area contributed by atoms with Crippen molar-refractivity contribution in [1.29, 1.82) is 0 Å². The Morgan fingerprint density at radius 1 is 1.25 bits per heavy atom. The Kier molecular flexibility index (Phi) is 8.08. The number of thiazole rings is 1. The molecule has 0 aliphatic rings. The quantitative estimate of drug-likeness (QED) is 0.410. The van der Waals surface area contributed by atoms with Crippen LogP contribution in [0, 0.1) is 5.82 Å². The maximum atomic E-state index is 13.2. The van der Waals surface area contributed by atoms with Crippen molar-refractivity contribution in [2.75, 3.05) is 7.05 Å². The molecular weight excluding hydrogens is 438 g/mol. The predicted molar refractivity (Wildman–Crippen MR) is 110 cm³/mol. The van der Waals surface area contributed by atoms with Crippen LogP contribution < -0.4 is 10.6 Å². The van der Waals surface area contributed by atoms with Gasteiger partial charge in [-0.25, -0.2) is 9.37 Å². The maximum Gasteiger partial charge on any atom is 0.191 e. The first-order chi connectivity index (χ1) is 10.9. The van der Waals surface area contributed by atoms with E-state index in [1.165, 1.54) is 12.1 Å². The molecule has 0 fully saturated rings. The minimum Gasteiger partial charge on any atom is -0.352 e. The van der Waals surface area contributed by atoms with Crippen LogP contribution in [0.15, 0.2) is 34.6 Å². The molecule has 0 unspecified atom stereocenters. The van der Waals surface area contributed by atoms with Gasteiger partial charge in [-0.2, -0.15) is 0 Å². The highest BCUT2D eigenvalue weighted by Gasteiger charge is 2.17. The summed E-state index contributed by atoms with van der Waals surface area (Å²) < 4.78 is 13.2. The van der Waals surface area contributed by atoms with E-state index >= 15 is 0 Å². The zero-order valence-electron chi connectivity index (χ0n) is 14.4. The lowest BCUT2D eigenvalue weighted by Crippen LogP contribution is -2.36. The number of rotatable bonds is 4. The fraction of sp³-hybridized carbons (Fsp3) is 0.412. The smallest absolute Gasteiger partial charge is 0.191 e. The third kappa shape index (κ3) is 6.35. The van der Waals surface area contributed by atoms with Crippen molar-refractivity contribution in [2.45, 2.75) is 39.3 Å². The molecule has 2 rings (SSSR count). The van der Waals surface area contributed by atoms with Gasteiger partial charge in [-0.15, -0.1) is 35.3 Å². The van der Waals surface area contributed by atoms with Crippen LogP contribution in [-0.2, 0) is 18.5 Å². The summed E-state index contributed by atoms with van der Waals surface area (Å²) >= 11 is 1.64. The summed E-state index contributed by atoms with van der Waals surface area (Å²) in [5.74, 6) is 0.437. The number of aliphatic imine (C=N–C) groups is 1. The van der Waals surface area contributed by atoms with Crippen LogP contribution in [0.25, 0.3) is 0 Å². The molecule has 0 aliphatic heterocycles. The highest BCUT2D eigenvalue weighted by molar-refractivity contribution is 14.0. The molecule has 7 heteroatoms. The fourth-order valence-corrected chi connectivity index (χ4v) is 2.91. The summed E-state index contributed by atoms with van der Waals surface area (Å²) in [6.07, 6.45) is 0. The molecule has 1 aromatic carbocycles. The molecule has 0 bridgehead atoms. The summed E-state index contributed by atoms with van der Waals surface area (Å²) in [5, 5.41) is 9.51. The monoisotopic (exact) mass is 462 g/mol. The Labute approximate surface area is 164 Å². The minimum absolute atomic E-state index is 0. The summed E-state index contributed by atoms with van der Waals surface area (Å²) in [5.41, 5.74) is 2.03. The Morgan fingerprint density at radius 3 is 2.54 bits per heavy atom. The molecule has 0 radical (unpaired) electrons. The Morgan fingerprint density at radius 2 is 1.96 bits per heavy atom. The van der Waals surface area contributed by atoms with E-state index in [2.05, 4.69) is 46.8 Å². The number of benzene rings is 1. The normalized spacial score (nSPS) is 11.8. The van der Waals surface area contributed by atoms with E-state index in [0.29, 0.717) is 19.0 Å². The lowest BCUT2D eigenvalue weighted by Gasteiger charge is -2.14. The van der Waals surface area contributed by atoms with Gasteiger partial charge in [-0.05, 0) is 17.7 Å². The summed E-state index contributed by atoms with van der Waals surface area (Å²) in [6.45, 7) is 7.59. The molecule has 2 N–H and O–H groups in total. The van der Waals surface area contributed by atoms with E-state index in [1.54, 1.807) is 24.5 Å². The topological polar surface area (TPSA) is 49.3 Å². The van der Waals surface area contributed by atoms with Gasteiger partial charge in [-0.3, -0.25) is 4.99 Å². The fourth-order valence-electron chi connectivity index (χ4n) is 1.95. The van der Waals surface area contributed by atoms with Crippen molar-refractivity contribution < 1.29 is 4.39 Å². The molecule has 0 saturated carbocycles. The van der Waals surface area contributed by atoms with Crippen molar-refractivity contribution in [3.63, 3.8) is 0 Å². The molecule has 2 aromatic rings. The molecule has 24 heavy (non-hydrogen) atoms. The second kappa shape index (κ2) is 9.31. The highest BCUT2D eigenvalue weighted by atomic mass is 127. The van der Waals surface area contributed by atoms with E-state index < -0.39 is 0 Å². The largest absolute Gasteiger partial charge is 0.352 e. The number of nitrogens with one attached hydrogen (secondary N) is 2. The van der Waals surface area contributed by atoms with Gasteiger partial charge in [-0.1, -0.05) is 32.9 Å². The number of aromatic nitrogens is 1. The van der Waals surface area contributed by atoms with Crippen LogP contribution in [-0.4, -0.2) is 18.0 Å². The molecule has 0 spiro atoms. The second-order valence-electron chi connectivity index (χ2n) is 6.29. The predicted octanol–water partition coefficient (Wildman–Crippen LogP) is 4.06.